The minimum absolute atomic E-state index is 0.00100. The van der Waals surface area contributed by atoms with Crippen molar-refractivity contribution in [3.05, 3.63) is 30.7 Å². The Labute approximate surface area is 129 Å². The first-order valence-corrected chi connectivity index (χ1v) is 9.70. The topological polar surface area (TPSA) is 111 Å². The molecule has 8 nitrogen and oxygen atoms in total. The van der Waals surface area contributed by atoms with Gasteiger partial charge >= 0.3 is 0 Å². The van der Waals surface area contributed by atoms with Crippen molar-refractivity contribution in [2.24, 2.45) is 0 Å². The molecule has 0 aliphatic rings. The molecule has 2 aromatic heterocycles. The van der Waals surface area contributed by atoms with Crippen molar-refractivity contribution in [3.8, 4) is 0 Å². The van der Waals surface area contributed by atoms with Gasteiger partial charge in [0, 0.05) is 24.7 Å². The average molecular weight is 344 g/mol. The van der Waals surface area contributed by atoms with Crippen LogP contribution in [0.25, 0.3) is 0 Å². The highest BCUT2D eigenvalue weighted by atomic mass is 32.2. The number of anilines is 1. The van der Waals surface area contributed by atoms with Gasteiger partial charge in [-0.05, 0) is 26.0 Å². The second-order valence-corrected chi connectivity index (χ2v) is 8.66. The Hall–Kier alpha value is -1.94. The van der Waals surface area contributed by atoms with E-state index in [-0.39, 0.29) is 21.7 Å². The third-order valence-electron chi connectivity index (χ3n) is 2.78. The van der Waals surface area contributed by atoms with Crippen molar-refractivity contribution in [1.29, 1.82) is 0 Å². The van der Waals surface area contributed by atoms with E-state index in [1.807, 2.05) is 13.8 Å². The molecule has 0 amide bonds. The molecule has 1 N–H and O–H groups in total. The quantitative estimate of drug-likeness (QED) is 0.868. The maximum absolute atomic E-state index is 12.3. The van der Waals surface area contributed by atoms with Crippen LogP contribution in [0.15, 0.2) is 40.6 Å². The summed E-state index contributed by atoms with van der Waals surface area (Å²) in [7, 11) is -7.36. The highest BCUT2D eigenvalue weighted by Crippen LogP contribution is 2.18. The zero-order chi connectivity index (χ0) is 16.5. The van der Waals surface area contributed by atoms with Gasteiger partial charge < -0.3 is 0 Å². The van der Waals surface area contributed by atoms with Gasteiger partial charge in [0.2, 0.25) is 0 Å². The number of rotatable bonds is 5. The number of sulfone groups is 1. The molecular formula is C12H16N4O4S2. The van der Waals surface area contributed by atoms with Crippen molar-refractivity contribution >= 4 is 25.5 Å². The SMILES string of the molecule is CC(C)n1cc(S(=O)(=O)Nc2ccnc(S(C)(=O)=O)c2)cn1. The standard InChI is InChI=1S/C12H16N4O4S2/c1-9(2)16-8-11(7-14-16)22(19,20)15-10-4-5-13-12(6-10)21(3,17)18/h4-9H,1-3H3,(H,13,15). The number of hydrogen-bond donors (Lipinski definition) is 1. The zero-order valence-corrected chi connectivity index (χ0v) is 13.9. The second-order valence-electron chi connectivity index (χ2n) is 5.01. The molecular weight excluding hydrogens is 328 g/mol. The smallest absolute Gasteiger partial charge is 0.265 e. The summed E-state index contributed by atoms with van der Waals surface area (Å²) in [6, 6.07) is 2.57. The molecule has 2 heterocycles. The normalized spacial score (nSPS) is 12.5. The van der Waals surface area contributed by atoms with Crippen LogP contribution in [-0.4, -0.2) is 37.9 Å². The van der Waals surface area contributed by atoms with Crippen LogP contribution in [0, 0.1) is 0 Å². The van der Waals surface area contributed by atoms with E-state index in [1.54, 1.807) is 0 Å². The van der Waals surface area contributed by atoms with Gasteiger partial charge in [-0.15, -0.1) is 0 Å². The summed E-state index contributed by atoms with van der Waals surface area (Å²) in [6.07, 6.45) is 4.87. The van der Waals surface area contributed by atoms with Gasteiger partial charge in [-0.1, -0.05) is 0 Å². The van der Waals surface area contributed by atoms with E-state index in [2.05, 4.69) is 14.8 Å². The molecule has 0 spiro atoms. The van der Waals surface area contributed by atoms with Crippen molar-refractivity contribution < 1.29 is 16.8 Å². The Morgan fingerprint density at radius 3 is 2.45 bits per heavy atom. The van der Waals surface area contributed by atoms with Crippen LogP contribution in [0.1, 0.15) is 19.9 Å². The van der Waals surface area contributed by atoms with Crippen LogP contribution in [0.4, 0.5) is 5.69 Å². The Bertz CT molecular complexity index is 885. The third kappa shape index (κ3) is 3.63. The molecule has 0 saturated heterocycles. The summed E-state index contributed by atoms with van der Waals surface area (Å²) in [5.41, 5.74) is 0.118. The van der Waals surface area contributed by atoms with Crippen LogP contribution in [-0.2, 0) is 19.9 Å². The van der Waals surface area contributed by atoms with Gasteiger partial charge in [0.25, 0.3) is 10.0 Å². The lowest BCUT2D eigenvalue weighted by Crippen LogP contribution is -2.13. The van der Waals surface area contributed by atoms with Crippen LogP contribution in [0.3, 0.4) is 0 Å². The first-order chi connectivity index (χ1) is 10.1. The first kappa shape index (κ1) is 16.4. The predicted molar refractivity (Wildman–Crippen MR) is 80.8 cm³/mol. The number of pyridine rings is 1. The molecule has 120 valence electrons. The number of nitrogens with zero attached hydrogens (tertiary/aromatic N) is 3. The number of nitrogens with one attached hydrogen (secondary N) is 1. The molecule has 0 atom stereocenters. The zero-order valence-electron chi connectivity index (χ0n) is 12.3. The maximum atomic E-state index is 12.3. The van der Waals surface area contributed by atoms with Crippen LogP contribution >= 0.6 is 0 Å². The molecule has 22 heavy (non-hydrogen) atoms. The molecule has 0 saturated carbocycles. The fourth-order valence-electron chi connectivity index (χ4n) is 1.63. The molecule has 0 bridgehead atoms. The minimum atomic E-state index is -3.84. The highest BCUT2D eigenvalue weighted by Gasteiger charge is 2.18. The van der Waals surface area contributed by atoms with E-state index in [0.29, 0.717) is 0 Å². The molecule has 0 aliphatic carbocycles. The highest BCUT2D eigenvalue weighted by molar-refractivity contribution is 7.92. The van der Waals surface area contributed by atoms with Crippen molar-refractivity contribution in [1.82, 2.24) is 14.8 Å². The summed E-state index contributed by atoms with van der Waals surface area (Å²) in [5, 5.41) is 3.77. The molecule has 2 aromatic rings. The van der Waals surface area contributed by atoms with Crippen molar-refractivity contribution in [3.63, 3.8) is 0 Å². The summed E-state index contributed by atoms with van der Waals surface area (Å²) in [5.74, 6) is 0. The molecule has 0 aliphatic heterocycles. The van der Waals surface area contributed by atoms with Gasteiger partial charge in [-0.3, -0.25) is 9.40 Å². The van der Waals surface area contributed by atoms with Crippen LogP contribution < -0.4 is 4.72 Å². The molecule has 0 radical (unpaired) electrons. The average Bonchev–Trinajstić information content (AvgIpc) is 2.88. The van der Waals surface area contributed by atoms with Gasteiger partial charge in [0.15, 0.2) is 14.9 Å². The summed E-state index contributed by atoms with van der Waals surface area (Å²) >= 11 is 0. The van der Waals surface area contributed by atoms with Crippen molar-refractivity contribution in [2.75, 3.05) is 11.0 Å². The Morgan fingerprint density at radius 1 is 1.23 bits per heavy atom. The second kappa shape index (κ2) is 5.69. The van der Waals surface area contributed by atoms with E-state index in [4.69, 9.17) is 0 Å². The lowest BCUT2D eigenvalue weighted by Gasteiger charge is -2.07. The number of hydrogen-bond acceptors (Lipinski definition) is 6. The Balaban J connectivity index is 2.32. The van der Waals surface area contributed by atoms with Crippen LogP contribution in [0.2, 0.25) is 0 Å². The Morgan fingerprint density at radius 2 is 1.91 bits per heavy atom. The predicted octanol–water partition coefficient (Wildman–Crippen LogP) is 1.06. The fraction of sp³-hybridized carbons (Fsp3) is 0.333. The fourth-order valence-corrected chi connectivity index (χ4v) is 3.21. The van der Waals surface area contributed by atoms with E-state index in [9.17, 15) is 16.8 Å². The summed E-state index contributed by atoms with van der Waals surface area (Å²) in [4.78, 5) is 3.70. The van der Waals surface area contributed by atoms with Crippen LogP contribution in [0.5, 0.6) is 0 Å². The molecule has 0 aromatic carbocycles. The van der Waals surface area contributed by atoms with Gasteiger partial charge in [-0.2, -0.15) is 5.10 Å². The van der Waals surface area contributed by atoms with E-state index in [1.165, 1.54) is 35.4 Å². The maximum Gasteiger partial charge on any atom is 0.265 e. The van der Waals surface area contributed by atoms with Crippen molar-refractivity contribution in [2.45, 2.75) is 29.8 Å². The molecule has 0 unspecified atom stereocenters. The lowest BCUT2D eigenvalue weighted by molar-refractivity contribution is 0.531. The third-order valence-corrected chi connectivity index (χ3v) is 5.10. The lowest BCUT2D eigenvalue weighted by atomic mass is 10.4. The number of sulfonamides is 1. The summed E-state index contributed by atoms with van der Waals surface area (Å²) < 4.78 is 51.3. The molecule has 0 fully saturated rings. The van der Waals surface area contributed by atoms with Gasteiger partial charge in [0.1, 0.15) is 4.90 Å². The molecule has 2 rings (SSSR count). The van der Waals surface area contributed by atoms with Gasteiger partial charge in [-0.25, -0.2) is 21.8 Å². The first-order valence-electron chi connectivity index (χ1n) is 6.33. The van der Waals surface area contributed by atoms with E-state index < -0.39 is 19.9 Å². The minimum Gasteiger partial charge on any atom is -0.279 e. The Kier molecular flexibility index (Phi) is 4.25. The molecule has 10 heteroatoms. The van der Waals surface area contributed by atoms with E-state index in [0.717, 1.165) is 6.26 Å². The largest absolute Gasteiger partial charge is 0.279 e. The number of aromatic nitrogens is 3. The monoisotopic (exact) mass is 344 g/mol. The van der Waals surface area contributed by atoms with E-state index >= 15 is 0 Å². The van der Waals surface area contributed by atoms with Gasteiger partial charge in [0.05, 0.1) is 11.9 Å². The summed E-state index contributed by atoms with van der Waals surface area (Å²) in [6.45, 7) is 3.75.